The fourth-order valence-corrected chi connectivity index (χ4v) is 1.10. The molecule has 0 unspecified atom stereocenters. The van der Waals surface area contributed by atoms with Gasteiger partial charge in [-0.3, -0.25) is 4.99 Å². The van der Waals surface area contributed by atoms with Crippen molar-refractivity contribution in [1.29, 1.82) is 0 Å². The molecule has 0 fully saturated rings. The van der Waals surface area contributed by atoms with Gasteiger partial charge in [-0.05, 0) is 56.3 Å². The highest BCUT2D eigenvalue weighted by molar-refractivity contribution is 5.51. The Morgan fingerprint density at radius 2 is 1.55 bits per heavy atom. The van der Waals surface area contributed by atoms with Gasteiger partial charge in [0.1, 0.15) is 0 Å². The van der Waals surface area contributed by atoms with Gasteiger partial charge >= 0.3 is 0 Å². The highest BCUT2D eigenvalue weighted by Crippen LogP contribution is 2.20. The van der Waals surface area contributed by atoms with Crippen LogP contribution in [-0.4, -0.2) is 6.72 Å². The van der Waals surface area contributed by atoms with Gasteiger partial charge in [0.25, 0.3) is 0 Å². The van der Waals surface area contributed by atoms with E-state index in [1.165, 1.54) is 16.7 Å². The second kappa shape index (κ2) is 2.87. The molecule has 0 aliphatic heterocycles. The molecule has 0 N–H and O–H groups in total. The van der Waals surface area contributed by atoms with Crippen molar-refractivity contribution in [3.8, 4) is 0 Å². The van der Waals surface area contributed by atoms with Gasteiger partial charge in [0.05, 0.1) is 5.69 Å². The van der Waals surface area contributed by atoms with Crippen molar-refractivity contribution in [3.63, 3.8) is 0 Å². The maximum absolute atomic E-state index is 3.88. The first-order valence-electron chi connectivity index (χ1n) is 3.69. The Kier molecular flexibility index (Phi) is 2.08. The van der Waals surface area contributed by atoms with E-state index in [2.05, 4.69) is 44.6 Å². The summed E-state index contributed by atoms with van der Waals surface area (Å²) >= 11 is 0. The lowest BCUT2D eigenvalue weighted by atomic mass is 10.0. The number of aryl methyl sites for hydroxylation is 2. The zero-order valence-electron chi connectivity index (χ0n) is 7.31. The average Bonchev–Trinajstić information content (AvgIpc) is 1.99. The maximum Gasteiger partial charge on any atom is 0.0627 e. The van der Waals surface area contributed by atoms with Crippen LogP contribution in [0.2, 0.25) is 0 Å². The van der Waals surface area contributed by atoms with Crippen molar-refractivity contribution in [2.75, 3.05) is 0 Å². The molecule has 0 amide bonds. The predicted molar refractivity (Wildman–Crippen MR) is 49.9 cm³/mol. The normalized spacial score (nSPS) is 9.73. The molecule has 1 heteroatoms. The fourth-order valence-electron chi connectivity index (χ4n) is 1.10. The Hall–Kier alpha value is -1.11. The molecule has 0 aliphatic rings. The molecule has 0 heterocycles. The van der Waals surface area contributed by atoms with Crippen LogP contribution < -0.4 is 0 Å². The molecule has 0 spiro atoms. The molecule has 0 bridgehead atoms. The zero-order chi connectivity index (χ0) is 8.43. The van der Waals surface area contributed by atoms with Crippen molar-refractivity contribution in [1.82, 2.24) is 0 Å². The van der Waals surface area contributed by atoms with Gasteiger partial charge in [-0.15, -0.1) is 0 Å². The molecule has 1 aromatic carbocycles. The Morgan fingerprint density at radius 1 is 1.09 bits per heavy atom. The summed E-state index contributed by atoms with van der Waals surface area (Å²) in [6.07, 6.45) is 0. The summed E-state index contributed by atoms with van der Waals surface area (Å²) in [6, 6.07) is 4.10. The molecule has 0 aromatic heterocycles. The van der Waals surface area contributed by atoms with Crippen LogP contribution in [0.15, 0.2) is 17.1 Å². The van der Waals surface area contributed by atoms with E-state index in [0.29, 0.717) is 0 Å². The van der Waals surface area contributed by atoms with E-state index in [9.17, 15) is 0 Å². The SMILES string of the molecule is C=Nc1cc(C)c(C)c(C)c1. The molecule has 1 nitrogen and oxygen atoms in total. The van der Waals surface area contributed by atoms with Crippen LogP contribution in [0.25, 0.3) is 0 Å². The van der Waals surface area contributed by atoms with Gasteiger partial charge in [-0.1, -0.05) is 0 Å². The van der Waals surface area contributed by atoms with Gasteiger partial charge in [0.15, 0.2) is 0 Å². The number of hydrogen-bond acceptors (Lipinski definition) is 1. The average molecular weight is 147 g/mol. The van der Waals surface area contributed by atoms with Gasteiger partial charge in [-0.25, -0.2) is 0 Å². The fraction of sp³-hybridized carbons (Fsp3) is 0.300. The van der Waals surface area contributed by atoms with Crippen LogP contribution in [0.4, 0.5) is 5.69 Å². The molecule has 0 atom stereocenters. The lowest BCUT2D eigenvalue weighted by molar-refractivity contribution is 1.26. The van der Waals surface area contributed by atoms with Gasteiger partial charge in [0, 0.05) is 0 Å². The number of benzene rings is 1. The summed E-state index contributed by atoms with van der Waals surface area (Å²) in [7, 11) is 0. The van der Waals surface area contributed by atoms with Crippen LogP contribution in [-0.2, 0) is 0 Å². The summed E-state index contributed by atoms with van der Waals surface area (Å²) in [6.45, 7) is 9.80. The third kappa shape index (κ3) is 1.48. The molecule has 11 heavy (non-hydrogen) atoms. The standard InChI is InChI=1S/C10H13N/c1-7-5-10(11-4)6-8(2)9(7)3/h5-6H,4H2,1-3H3. The zero-order valence-corrected chi connectivity index (χ0v) is 7.31. The molecular weight excluding hydrogens is 134 g/mol. The second-order valence-corrected chi connectivity index (χ2v) is 2.86. The van der Waals surface area contributed by atoms with Gasteiger partial charge in [0.2, 0.25) is 0 Å². The molecule has 58 valence electrons. The topological polar surface area (TPSA) is 12.4 Å². The maximum atomic E-state index is 3.88. The highest BCUT2D eigenvalue weighted by atomic mass is 14.7. The monoisotopic (exact) mass is 147 g/mol. The van der Waals surface area contributed by atoms with Gasteiger partial charge in [-0.2, -0.15) is 0 Å². The van der Waals surface area contributed by atoms with E-state index in [1.807, 2.05) is 0 Å². The van der Waals surface area contributed by atoms with E-state index in [4.69, 9.17) is 0 Å². The van der Waals surface area contributed by atoms with E-state index >= 15 is 0 Å². The molecule has 0 saturated heterocycles. The largest absolute Gasteiger partial charge is 0.265 e. The predicted octanol–water partition coefficient (Wildman–Crippen LogP) is 2.94. The van der Waals surface area contributed by atoms with Crippen LogP contribution in [0.3, 0.4) is 0 Å². The van der Waals surface area contributed by atoms with E-state index in [0.717, 1.165) is 5.69 Å². The van der Waals surface area contributed by atoms with E-state index < -0.39 is 0 Å². The minimum atomic E-state index is 0.964. The molecule has 1 rings (SSSR count). The van der Waals surface area contributed by atoms with Crippen LogP contribution in [0, 0.1) is 20.8 Å². The quantitative estimate of drug-likeness (QED) is 0.541. The van der Waals surface area contributed by atoms with Crippen molar-refractivity contribution in [2.45, 2.75) is 20.8 Å². The summed E-state index contributed by atoms with van der Waals surface area (Å²) in [5, 5.41) is 0. The Balaban J connectivity index is 3.31. The van der Waals surface area contributed by atoms with Crippen molar-refractivity contribution >= 4 is 12.4 Å². The Bertz CT molecular complexity index is 264. The first-order chi connectivity index (χ1) is 5.15. The minimum absolute atomic E-state index is 0.964. The van der Waals surface area contributed by atoms with Crippen molar-refractivity contribution in [2.24, 2.45) is 4.99 Å². The second-order valence-electron chi connectivity index (χ2n) is 2.86. The smallest absolute Gasteiger partial charge is 0.0627 e. The summed E-state index contributed by atoms with van der Waals surface area (Å²) in [5.74, 6) is 0. The highest BCUT2D eigenvalue weighted by Gasteiger charge is 1.97. The van der Waals surface area contributed by atoms with Crippen LogP contribution in [0.5, 0.6) is 0 Å². The Labute approximate surface area is 67.8 Å². The summed E-state index contributed by atoms with van der Waals surface area (Å²) in [5.41, 5.74) is 4.88. The molecule has 0 aliphatic carbocycles. The number of aliphatic imine (C=N–C) groups is 1. The number of nitrogens with zero attached hydrogens (tertiary/aromatic N) is 1. The molecule has 0 saturated carbocycles. The molecule has 0 radical (unpaired) electrons. The first kappa shape index (κ1) is 7.99. The third-order valence-electron chi connectivity index (χ3n) is 2.09. The van der Waals surface area contributed by atoms with Crippen LogP contribution in [0.1, 0.15) is 16.7 Å². The lowest BCUT2D eigenvalue weighted by Gasteiger charge is -2.04. The van der Waals surface area contributed by atoms with Crippen LogP contribution >= 0.6 is 0 Å². The first-order valence-corrected chi connectivity index (χ1v) is 3.69. The van der Waals surface area contributed by atoms with Crippen molar-refractivity contribution in [3.05, 3.63) is 28.8 Å². The van der Waals surface area contributed by atoms with Crippen molar-refractivity contribution < 1.29 is 0 Å². The molecule has 1 aromatic rings. The summed E-state index contributed by atoms with van der Waals surface area (Å²) < 4.78 is 0. The number of rotatable bonds is 1. The van der Waals surface area contributed by atoms with E-state index in [1.54, 1.807) is 0 Å². The third-order valence-corrected chi connectivity index (χ3v) is 2.09. The minimum Gasteiger partial charge on any atom is -0.265 e. The van der Waals surface area contributed by atoms with E-state index in [-0.39, 0.29) is 0 Å². The molecular formula is C10H13N. The lowest BCUT2D eigenvalue weighted by Crippen LogP contribution is -1.84. The summed E-state index contributed by atoms with van der Waals surface area (Å²) in [4.78, 5) is 3.88. The van der Waals surface area contributed by atoms with Gasteiger partial charge < -0.3 is 0 Å². The Morgan fingerprint density at radius 3 is 1.91 bits per heavy atom. The number of hydrogen-bond donors (Lipinski definition) is 0.